The van der Waals surface area contributed by atoms with Crippen LogP contribution in [0, 0.1) is 0 Å². The third-order valence-electron chi connectivity index (χ3n) is 2.85. The average Bonchev–Trinajstić information content (AvgIpc) is 2.47. The van der Waals surface area contributed by atoms with Crippen molar-refractivity contribution in [1.29, 1.82) is 0 Å². The molecule has 0 aliphatic heterocycles. The zero-order valence-electron chi connectivity index (χ0n) is 10.9. The van der Waals surface area contributed by atoms with Crippen molar-refractivity contribution in [2.75, 3.05) is 20.8 Å². The van der Waals surface area contributed by atoms with Crippen molar-refractivity contribution in [3.05, 3.63) is 36.5 Å². The molecule has 0 fully saturated rings. The minimum Gasteiger partial charge on any atom is -0.491 e. The lowest BCUT2D eigenvalue weighted by molar-refractivity contribution is -0.143. The molecule has 5 heteroatoms. The van der Waals surface area contributed by atoms with E-state index in [4.69, 9.17) is 4.74 Å². The Labute approximate surface area is 111 Å². The number of likely N-dealkylation sites (N-methyl/N-ethyl adjacent to an activating group) is 1. The lowest BCUT2D eigenvalue weighted by atomic mass is 10.2. The van der Waals surface area contributed by atoms with Crippen LogP contribution in [0.2, 0.25) is 0 Å². The first-order chi connectivity index (χ1) is 9.26. The molecule has 0 spiro atoms. The van der Waals surface area contributed by atoms with Gasteiger partial charge in [-0.05, 0) is 31.3 Å². The molecule has 0 saturated heterocycles. The maximum absolute atomic E-state index is 11.5. The molecule has 1 unspecified atom stereocenters. The van der Waals surface area contributed by atoms with Crippen LogP contribution in [0.15, 0.2) is 36.5 Å². The van der Waals surface area contributed by atoms with Gasteiger partial charge in [-0.15, -0.1) is 0 Å². The van der Waals surface area contributed by atoms with E-state index in [2.05, 4.69) is 15.0 Å². The molecule has 1 aromatic carbocycles. The molecule has 0 amide bonds. The summed E-state index contributed by atoms with van der Waals surface area (Å²) in [5.74, 6) is 0.357. The summed E-state index contributed by atoms with van der Waals surface area (Å²) in [6.07, 6.45) is 1.73. The van der Waals surface area contributed by atoms with E-state index >= 15 is 0 Å². The van der Waals surface area contributed by atoms with Gasteiger partial charge < -0.3 is 14.8 Å². The predicted molar refractivity (Wildman–Crippen MR) is 72.1 cm³/mol. The van der Waals surface area contributed by atoms with Crippen molar-refractivity contribution >= 4 is 16.9 Å². The van der Waals surface area contributed by atoms with E-state index in [9.17, 15) is 4.79 Å². The van der Waals surface area contributed by atoms with Crippen LogP contribution in [0.1, 0.15) is 0 Å². The van der Waals surface area contributed by atoms with Gasteiger partial charge in [0.1, 0.15) is 18.4 Å². The molecule has 1 N–H and O–H groups in total. The van der Waals surface area contributed by atoms with Crippen LogP contribution in [0.5, 0.6) is 5.75 Å². The van der Waals surface area contributed by atoms with E-state index < -0.39 is 6.04 Å². The number of methoxy groups -OCH3 is 1. The maximum Gasteiger partial charge on any atom is 0.326 e. The number of pyridine rings is 1. The summed E-state index contributed by atoms with van der Waals surface area (Å²) >= 11 is 0. The fraction of sp³-hybridized carbons (Fsp3) is 0.286. The van der Waals surface area contributed by atoms with E-state index in [1.807, 2.05) is 30.3 Å². The minimum atomic E-state index is -0.489. The molecule has 0 saturated carbocycles. The van der Waals surface area contributed by atoms with Crippen molar-refractivity contribution in [2.24, 2.45) is 0 Å². The highest BCUT2D eigenvalue weighted by Gasteiger charge is 2.17. The Balaban J connectivity index is 2.15. The Morgan fingerprint density at radius 3 is 2.95 bits per heavy atom. The first kappa shape index (κ1) is 13.3. The summed E-state index contributed by atoms with van der Waals surface area (Å²) < 4.78 is 10.4. The van der Waals surface area contributed by atoms with E-state index in [0.29, 0.717) is 5.75 Å². The van der Waals surface area contributed by atoms with E-state index in [1.54, 1.807) is 13.2 Å². The van der Waals surface area contributed by atoms with Crippen molar-refractivity contribution in [3.63, 3.8) is 0 Å². The number of hydrogen-bond donors (Lipinski definition) is 1. The molecule has 1 heterocycles. The molecule has 5 nitrogen and oxygen atoms in total. The highest BCUT2D eigenvalue weighted by molar-refractivity contribution is 5.84. The molecule has 2 aromatic rings. The summed E-state index contributed by atoms with van der Waals surface area (Å²) in [7, 11) is 3.05. The second-order valence-corrected chi connectivity index (χ2v) is 4.00. The van der Waals surface area contributed by atoms with Gasteiger partial charge in [0, 0.05) is 11.6 Å². The molecule has 19 heavy (non-hydrogen) atoms. The van der Waals surface area contributed by atoms with Crippen LogP contribution in [0.25, 0.3) is 10.9 Å². The summed E-state index contributed by atoms with van der Waals surface area (Å²) in [6, 6.07) is 8.94. The van der Waals surface area contributed by atoms with Crippen LogP contribution >= 0.6 is 0 Å². The standard InChI is InChI=1S/C14H16N2O3/c1-15-12(14(17)18-2)9-19-13-7-3-6-11-10(13)5-4-8-16-11/h3-8,12,15H,9H2,1-2H3. The number of ether oxygens (including phenoxy) is 2. The third kappa shape index (κ3) is 3.00. The van der Waals surface area contributed by atoms with Crippen LogP contribution in [0.3, 0.4) is 0 Å². The normalized spacial score (nSPS) is 12.1. The number of rotatable bonds is 5. The fourth-order valence-corrected chi connectivity index (χ4v) is 1.79. The topological polar surface area (TPSA) is 60.5 Å². The van der Waals surface area contributed by atoms with E-state index in [-0.39, 0.29) is 12.6 Å². The maximum atomic E-state index is 11.5. The van der Waals surface area contributed by atoms with Crippen LogP contribution in [-0.2, 0) is 9.53 Å². The number of nitrogens with zero attached hydrogens (tertiary/aromatic N) is 1. The molecule has 1 atom stereocenters. The summed E-state index contributed by atoms with van der Waals surface area (Å²) in [5.41, 5.74) is 0.860. The zero-order chi connectivity index (χ0) is 13.7. The number of aromatic nitrogens is 1. The van der Waals surface area contributed by atoms with Crippen LogP contribution < -0.4 is 10.1 Å². The Hall–Kier alpha value is -2.14. The van der Waals surface area contributed by atoms with Gasteiger partial charge in [-0.25, -0.2) is 0 Å². The quantitative estimate of drug-likeness (QED) is 0.823. The number of esters is 1. The second kappa shape index (κ2) is 6.15. The van der Waals surface area contributed by atoms with Crippen molar-refractivity contribution in [1.82, 2.24) is 10.3 Å². The number of fused-ring (bicyclic) bond motifs is 1. The monoisotopic (exact) mass is 260 g/mol. The molecule has 2 rings (SSSR count). The summed E-state index contributed by atoms with van der Waals surface area (Å²) in [6.45, 7) is 0.206. The first-order valence-electron chi connectivity index (χ1n) is 5.98. The molecule has 0 bridgehead atoms. The SMILES string of the molecule is CNC(COc1cccc2ncccc12)C(=O)OC. The van der Waals surface area contributed by atoms with Crippen molar-refractivity contribution in [3.8, 4) is 5.75 Å². The Bertz CT molecular complexity index is 566. The van der Waals surface area contributed by atoms with Gasteiger partial charge in [0.15, 0.2) is 0 Å². The number of carbonyl (C=O) groups is 1. The van der Waals surface area contributed by atoms with Gasteiger partial charge >= 0.3 is 5.97 Å². The van der Waals surface area contributed by atoms with Crippen LogP contribution in [-0.4, -0.2) is 37.8 Å². The summed E-state index contributed by atoms with van der Waals surface area (Å²) in [4.78, 5) is 15.7. The number of carbonyl (C=O) groups excluding carboxylic acids is 1. The Morgan fingerprint density at radius 1 is 1.37 bits per heavy atom. The number of nitrogens with one attached hydrogen (secondary N) is 1. The third-order valence-corrected chi connectivity index (χ3v) is 2.85. The van der Waals surface area contributed by atoms with E-state index in [1.165, 1.54) is 7.11 Å². The molecular weight excluding hydrogens is 244 g/mol. The highest BCUT2D eigenvalue weighted by Crippen LogP contribution is 2.23. The largest absolute Gasteiger partial charge is 0.491 e. The van der Waals surface area contributed by atoms with Gasteiger partial charge in [0.2, 0.25) is 0 Å². The zero-order valence-corrected chi connectivity index (χ0v) is 10.9. The fourth-order valence-electron chi connectivity index (χ4n) is 1.79. The van der Waals surface area contributed by atoms with Gasteiger partial charge in [-0.3, -0.25) is 9.78 Å². The molecule has 1 aromatic heterocycles. The summed E-state index contributed by atoms with van der Waals surface area (Å²) in [5, 5.41) is 3.78. The second-order valence-electron chi connectivity index (χ2n) is 4.00. The minimum absolute atomic E-state index is 0.206. The molecule has 0 radical (unpaired) electrons. The Morgan fingerprint density at radius 2 is 2.21 bits per heavy atom. The van der Waals surface area contributed by atoms with Gasteiger partial charge in [0.25, 0.3) is 0 Å². The Kier molecular flexibility index (Phi) is 4.30. The van der Waals surface area contributed by atoms with Crippen LogP contribution in [0.4, 0.5) is 0 Å². The predicted octanol–water partition coefficient (Wildman–Crippen LogP) is 1.37. The van der Waals surface area contributed by atoms with Gasteiger partial charge in [-0.2, -0.15) is 0 Å². The van der Waals surface area contributed by atoms with E-state index in [0.717, 1.165) is 10.9 Å². The number of hydrogen-bond acceptors (Lipinski definition) is 5. The molecular formula is C14H16N2O3. The highest BCUT2D eigenvalue weighted by atomic mass is 16.5. The van der Waals surface area contributed by atoms with Gasteiger partial charge in [0.05, 0.1) is 12.6 Å². The van der Waals surface area contributed by atoms with Crippen molar-refractivity contribution in [2.45, 2.75) is 6.04 Å². The number of benzene rings is 1. The first-order valence-corrected chi connectivity index (χ1v) is 5.98. The van der Waals surface area contributed by atoms with Gasteiger partial charge in [-0.1, -0.05) is 6.07 Å². The lowest BCUT2D eigenvalue weighted by Crippen LogP contribution is -2.40. The average molecular weight is 260 g/mol. The smallest absolute Gasteiger partial charge is 0.326 e. The lowest BCUT2D eigenvalue weighted by Gasteiger charge is -2.15. The molecule has 0 aliphatic carbocycles. The molecule has 100 valence electrons. The van der Waals surface area contributed by atoms with Crippen molar-refractivity contribution < 1.29 is 14.3 Å². The molecule has 0 aliphatic rings.